The molecule has 1 saturated heterocycles. The monoisotopic (exact) mass is 296 g/mol. The average molecular weight is 296 g/mol. The Kier molecular flexibility index (Phi) is 6.51. The fourth-order valence-corrected chi connectivity index (χ4v) is 4.21. The summed E-state index contributed by atoms with van der Waals surface area (Å²) in [5.74, 6) is 0.745. The van der Waals surface area contributed by atoms with Crippen molar-refractivity contribution >= 4 is 0 Å². The van der Waals surface area contributed by atoms with E-state index in [9.17, 15) is 0 Å². The third-order valence-electron chi connectivity index (χ3n) is 5.02. The summed E-state index contributed by atoms with van der Waals surface area (Å²) < 4.78 is 5.89. The van der Waals surface area contributed by atoms with E-state index in [1.165, 1.54) is 45.2 Å². The molecule has 0 amide bonds. The first-order valence-corrected chi connectivity index (χ1v) is 9.08. The molecule has 2 aliphatic rings. The van der Waals surface area contributed by atoms with E-state index in [1.807, 2.05) is 0 Å². The molecule has 1 N–H and O–H groups in total. The van der Waals surface area contributed by atoms with Crippen LogP contribution in [-0.2, 0) is 4.74 Å². The van der Waals surface area contributed by atoms with Gasteiger partial charge in [0.15, 0.2) is 0 Å². The van der Waals surface area contributed by atoms with Crippen molar-refractivity contribution in [2.45, 2.75) is 72.0 Å². The molecule has 0 aromatic heterocycles. The number of nitrogens with zero attached hydrogens (tertiary/aromatic N) is 1. The van der Waals surface area contributed by atoms with E-state index in [1.54, 1.807) is 0 Å². The summed E-state index contributed by atoms with van der Waals surface area (Å²) in [7, 11) is 0. The van der Waals surface area contributed by atoms with Gasteiger partial charge < -0.3 is 10.1 Å². The van der Waals surface area contributed by atoms with Crippen LogP contribution < -0.4 is 5.32 Å². The van der Waals surface area contributed by atoms with Crippen LogP contribution in [0.2, 0.25) is 0 Å². The molecule has 2 rings (SSSR count). The maximum Gasteiger partial charge on any atom is 0.0678 e. The Morgan fingerprint density at radius 1 is 1.10 bits per heavy atom. The van der Waals surface area contributed by atoms with Crippen molar-refractivity contribution in [1.82, 2.24) is 10.2 Å². The van der Waals surface area contributed by atoms with Gasteiger partial charge in [0.25, 0.3) is 0 Å². The van der Waals surface area contributed by atoms with Gasteiger partial charge >= 0.3 is 0 Å². The molecule has 1 saturated carbocycles. The van der Waals surface area contributed by atoms with Crippen molar-refractivity contribution in [3.05, 3.63) is 0 Å². The normalized spacial score (nSPS) is 30.7. The summed E-state index contributed by atoms with van der Waals surface area (Å²) in [6, 6.07) is 0. The largest absolute Gasteiger partial charge is 0.373 e. The highest BCUT2D eigenvalue weighted by Crippen LogP contribution is 2.37. The number of morpholine rings is 1. The van der Waals surface area contributed by atoms with Gasteiger partial charge in [-0.25, -0.2) is 0 Å². The summed E-state index contributed by atoms with van der Waals surface area (Å²) in [4.78, 5) is 2.67. The summed E-state index contributed by atoms with van der Waals surface area (Å²) >= 11 is 0. The van der Waals surface area contributed by atoms with Gasteiger partial charge in [-0.3, -0.25) is 4.90 Å². The fourth-order valence-electron chi connectivity index (χ4n) is 4.21. The quantitative estimate of drug-likeness (QED) is 0.814. The lowest BCUT2D eigenvalue weighted by atomic mass is 9.73. The molecule has 124 valence electrons. The van der Waals surface area contributed by atoms with Crippen molar-refractivity contribution in [3.63, 3.8) is 0 Å². The third-order valence-corrected chi connectivity index (χ3v) is 5.02. The Labute approximate surface area is 131 Å². The number of hydrogen-bond acceptors (Lipinski definition) is 3. The molecule has 1 aliphatic carbocycles. The van der Waals surface area contributed by atoms with Crippen LogP contribution in [0, 0.1) is 11.3 Å². The second-order valence-electron chi connectivity index (χ2n) is 8.04. The number of rotatable bonds is 6. The van der Waals surface area contributed by atoms with Gasteiger partial charge in [-0.05, 0) is 44.6 Å². The molecule has 21 heavy (non-hydrogen) atoms. The minimum atomic E-state index is 0.387. The number of nitrogens with one attached hydrogen (secondary N) is 1. The summed E-state index contributed by atoms with van der Waals surface area (Å²) in [5, 5.41) is 3.75. The molecule has 1 heterocycles. The smallest absolute Gasteiger partial charge is 0.0678 e. The highest BCUT2D eigenvalue weighted by Gasteiger charge is 2.35. The Morgan fingerprint density at radius 2 is 1.71 bits per heavy atom. The summed E-state index contributed by atoms with van der Waals surface area (Å²) in [6.07, 6.45) is 7.84. The Bertz CT molecular complexity index is 290. The van der Waals surface area contributed by atoms with Crippen molar-refractivity contribution in [1.29, 1.82) is 0 Å². The molecule has 0 aromatic rings. The molecule has 3 heteroatoms. The summed E-state index contributed by atoms with van der Waals surface area (Å²) in [6.45, 7) is 14.9. The van der Waals surface area contributed by atoms with Crippen LogP contribution in [0.15, 0.2) is 0 Å². The molecular weight excluding hydrogens is 260 g/mol. The molecule has 0 spiro atoms. The van der Waals surface area contributed by atoms with Crippen LogP contribution >= 0.6 is 0 Å². The standard InChI is InChI=1S/C18H36N2O/c1-15(2)10-19-13-18(8-6-5-7-9-18)14-20-11-16(3)21-17(4)12-20/h15-17,19H,5-14H2,1-4H3/t16-,17+. The van der Waals surface area contributed by atoms with Gasteiger partial charge in [0.1, 0.15) is 0 Å². The zero-order chi connectivity index (χ0) is 15.3. The number of ether oxygens (including phenoxy) is 1. The molecule has 3 nitrogen and oxygen atoms in total. The first-order valence-electron chi connectivity index (χ1n) is 9.08. The average Bonchev–Trinajstić information content (AvgIpc) is 2.37. The van der Waals surface area contributed by atoms with Crippen molar-refractivity contribution in [2.24, 2.45) is 11.3 Å². The topological polar surface area (TPSA) is 24.5 Å². The molecule has 0 bridgehead atoms. The van der Waals surface area contributed by atoms with Gasteiger partial charge in [-0.2, -0.15) is 0 Å². The van der Waals surface area contributed by atoms with E-state index in [0.29, 0.717) is 17.6 Å². The summed E-state index contributed by atoms with van der Waals surface area (Å²) in [5.41, 5.74) is 0.504. The van der Waals surface area contributed by atoms with E-state index in [4.69, 9.17) is 4.74 Å². The van der Waals surface area contributed by atoms with Gasteiger partial charge in [0.05, 0.1) is 12.2 Å². The minimum absolute atomic E-state index is 0.387. The van der Waals surface area contributed by atoms with Crippen molar-refractivity contribution in [3.8, 4) is 0 Å². The third kappa shape index (κ3) is 5.54. The van der Waals surface area contributed by atoms with E-state index in [0.717, 1.165) is 25.6 Å². The van der Waals surface area contributed by atoms with Crippen molar-refractivity contribution in [2.75, 3.05) is 32.7 Å². The molecule has 2 fully saturated rings. The fraction of sp³-hybridized carbons (Fsp3) is 1.00. The molecular formula is C18H36N2O. The number of hydrogen-bond donors (Lipinski definition) is 1. The lowest BCUT2D eigenvalue weighted by Crippen LogP contribution is -2.52. The van der Waals surface area contributed by atoms with Crippen LogP contribution in [0.1, 0.15) is 59.8 Å². The highest BCUT2D eigenvalue weighted by molar-refractivity contribution is 4.89. The Hall–Kier alpha value is -0.120. The lowest BCUT2D eigenvalue weighted by Gasteiger charge is -2.44. The second kappa shape index (κ2) is 7.94. The van der Waals surface area contributed by atoms with Gasteiger partial charge in [-0.1, -0.05) is 33.1 Å². The zero-order valence-corrected chi connectivity index (χ0v) is 14.7. The van der Waals surface area contributed by atoms with E-state index in [2.05, 4.69) is 37.9 Å². The molecule has 2 atom stereocenters. The maximum absolute atomic E-state index is 5.89. The Balaban J connectivity index is 1.91. The molecule has 1 aliphatic heterocycles. The van der Waals surface area contributed by atoms with Gasteiger partial charge in [0, 0.05) is 26.2 Å². The lowest BCUT2D eigenvalue weighted by molar-refractivity contribution is -0.0803. The van der Waals surface area contributed by atoms with Crippen LogP contribution in [0.5, 0.6) is 0 Å². The molecule has 0 radical (unpaired) electrons. The predicted octanol–water partition coefficient (Wildman–Crippen LogP) is 3.29. The van der Waals surface area contributed by atoms with Crippen molar-refractivity contribution < 1.29 is 4.74 Å². The zero-order valence-electron chi connectivity index (χ0n) is 14.7. The van der Waals surface area contributed by atoms with Crippen LogP contribution in [-0.4, -0.2) is 49.8 Å². The van der Waals surface area contributed by atoms with Crippen LogP contribution in [0.3, 0.4) is 0 Å². The van der Waals surface area contributed by atoms with Crippen LogP contribution in [0.4, 0.5) is 0 Å². The predicted molar refractivity (Wildman–Crippen MR) is 89.7 cm³/mol. The molecule has 0 aromatic carbocycles. The second-order valence-corrected chi connectivity index (χ2v) is 8.04. The molecule has 0 unspecified atom stereocenters. The van der Waals surface area contributed by atoms with E-state index >= 15 is 0 Å². The first-order chi connectivity index (χ1) is 9.99. The minimum Gasteiger partial charge on any atom is -0.373 e. The van der Waals surface area contributed by atoms with Gasteiger partial charge in [-0.15, -0.1) is 0 Å². The van der Waals surface area contributed by atoms with Gasteiger partial charge in [0.2, 0.25) is 0 Å². The van der Waals surface area contributed by atoms with Crippen LogP contribution in [0.25, 0.3) is 0 Å². The van der Waals surface area contributed by atoms with E-state index < -0.39 is 0 Å². The first kappa shape index (κ1) is 17.2. The SMILES string of the molecule is CC(C)CNCC1(CN2C[C@@H](C)O[C@@H](C)C2)CCCCC1. The highest BCUT2D eigenvalue weighted by atomic mass is 16.5. The maximum atomic E-state index is 5.89. The Morgan fingerprint density at radius 3 is 2.29 bits per heavy atom. The van der Waals surface area contributed by atoms with E-state index in [-0.39, 0.29) is 0 Å².